The summed E-state index contributed by atoms with van der Waals surface area (Å²) in [6.07, 6.45) is 6.51. The highest BCUT2D eigenvalue weighted by Crippen LogP contribution is 2.48. The maximum absolute atomic E-state index is 11.4. The molecule has 0 N–H and O–H groups in total. The van der Waals surface area contributed by atoms with Crippen LogP contribution in [0.2, 0.25) is 0 Å². The Hall–Kier alpha value is 0.850. The van der Waals surface area contributed by atoms with Gasteiger partial charge in [0, 0.05) is 15.1 Å². The summed E-state index contributed by atoms with van der Waals surface area (Å²) < 4.78 is 11.4. The second kappa shape index (κ2) is 3.71. The Morgan fingerprint density at radius 3 is 2.91 bits per heavy atom. The molecule has 11 heavy (non-hydrogen) atoms. The Kier molecular flexibility index (Phi) is 2.85. The lowest BCUT2D eigenvalue weighted by Crippen LogP contribution is -2.18. The maximum atomic E-state index is 11.4. The average molecular weight is 208 g/mol. The van der Waals surface area contributed by atoms with Crippen molar-refractivity contribution >= 4 is 30.5 Å². The van der Waals surface area contributed by atoms with Crippen LogP contribution in [0.25, 0.3) is 0 Å². The minimum absolute atomic E-state index is 0.521. The van der Waals surface area contributed by atoms with Gasteiger partial charge in [0.2, 0.25) is 0 Å². The molecule has 1 saturated carbocycles. The van der Waals surface area contributed by atoms with E-state index < -0.39 is 9.83 Å². The molecule has 0 aromatic heterocycles. The molecule has 0 radical (unpaired) electrons. The molecule has 1 aliphatic carbocycles. The fourth-order valence-electron chi connectivity index (χ4n) is 1.71. The molecule has 4 heteroatoms. The third kappa shape index (κ3) is 1.78. The zero-order valence-electron chi connectivity index (χ0n) is 6.32. The lowest BCUT2D eigenvalue weighted by molar-refractivity contribution is 0.660. The molecule has 1 aliphatic heterocycles. The van der Waals surface area contributed by atoms with Crippen molar-refractivity contribution in [1.82, 2.24) is 0 Å². The Labute approximate surface area is 77.3 Å². The van der Waals surface area contributed by atoms with Crippen molar-refractivity contribution in [1.29, 1.82) is 0 Å². The molecule has 0 spiro atoms. The van der Waals surface area contributed by atoms with Crippen molar-refractivity contribution in [3.63, 3.8) is 0 Å². The van der Waals surface area contributed by atoms with Crippen LogP contribution in [0.15, 0.2) is 0 Å². The smallest absolute Gasteiger partial charge is 0.0954 e. The lowest BCUT2D eigenvalue weighted by Gasteiger charge is -2.10. The van der Waals surface area contributed by atoms with E-state index in [4.69, 9.17) is 0 Å². The van der Waals surface area contributed by atoms with Crippen molar-refractivity contribution in [3.8, 4) is 0 Å². The first-order valence-electron chi connectivity index (χ1n) is 4.12. The summed E-state index contributed by atoms with van der Waals surface area (Å²) in [5.74, 6) is 0. The Morgan fingerprint density at radius 1 is 1.18 bits per heavy atom. The predicted molar refractivity (Wildman–Crippen MR) is 54.0 cm³/mol. The molecule has 2 aliphatic rings. The summed E-state index contributed by atoms with van der Waals surface area (Å²) >= 11 is 0. The predicted octanol–water partition coefficient (Wildman–Crippen LogP) is 2.75. The number of fused-ring (bicyclic) bond motifs is 1. The van der Waals surface area contributed by atoms with E-state index in [0.29, 0.717) is 10.5 Å². The van der Waals surface area contributed by atoms with Crippen LogP contribution in [0.5, 0.6) is 0 Å². The summed E-state index contributed by atoms with van der Waals surface area (Å²) in [6.45, 7) is 0. The zero-order chi connectivity index (χ0) is 7.68. The summed E-state index contributed by atoms with van der Waals surface area (Å²) in [5.41, 5.74) is 0. The first-order valence-corrected chi connectivity index (χ1v) is 8.06. The van der Waals surface area contributed by atoms with E-state index in [9.17, 15) is 4.21 Å². The van der Waals surface area contributed by atoms with Crippen LogP contribution in [-0.4, -0.2) is 14.7 Å². The van der Waals surface area contributed by atoms with E-state index >= 15 is 0 Å². The second-order valence-corrected chi connectivity index (χ2v) is 8.40. The van der Waals surface area contributed by atoms with Gasteiger partial charge in [0.05, 0.1) is 15.1 Å². The first kappa shape index (κ1) is 8.45. The Bertz CT molecular complexity index is 171. The van der Waals surface area contributed by atoms with Crippen LogP contribution in [0, 0.1) is 0 Å². The number of rotatable bonds is 0. The molecule has 2 rings (SSSR count). The second-order valence-electron chi connectivity index (χ2n) is 3.14. The molecule has 1 heterocycles. The largest absolute Gasteiger partial charge is 0.247 e. The van der Waals surface area contributed by atoms with Crippen molar-refractivity contribution in [3.05, 3.63) is 0 Å². The zero-order valence-corrected chi connectivity index (χ0v) is 8.77. The van der Waals surface area contributed by atoms with Gasteiger partial charge in [-0.1, -0.05) is 30.1 Å². The Morgan fingerprint density at radius 2 is 2.00 bits per heavy atom. The van der Waals surface area contributed by atoms with E-state index in [1.54, 1.807) is 9.83 Å². The van der Waals surface area contributed by atoms with Crippen molar-refractivity contribution in [2.45, 2.75) is 42.6 Å². The topological polar surface area (TPSA) is 17.1 Å². The van der Waals surface area contributed by atoms with Crippen molar-refractivity contribution < 1.29 is 4.21 Å². The van der Waals surface area contributed by atoms with Crippen molar-refractivity contribution in [2.75, 3.05) is 0 Å². The van der Waals surface area contributed by atoms with Crippen LogP contribution in [0.4, 0.5) is 0 Å². The van der Waals surface area contributed by atoms with Crippen LogP contribution in [0.3, 0.4) is 0 Å². The maximum Gasteiger partial charge on any atom is 0.0954 e. The summed E-state index contributed by atoms with van der Waals surface area (Å²) in [6, 6.07) is 0. The molecular formula is C7H12OS3. The van der Waals surface area contributed by atoms with Crippen LogP contribution >= 0.6 is 20.6 Å². The summed E-state index contributed by atoms with van der Waals surface area (Å²) in [4.78, 5) is 0. The first-order chi connectivity index (χ1) is 5.38. The molecule has 2 fully saturated rings. The van der Waals surface area contributed by atoms with Crippen LogP contribution in [0.1, 0.15) is 32.1 Å². The highest BCUT2D eigenvalue weighted by molar-refractivity contribution is 9.07. The molecule has 3 atom stereocenters. The molecule has 1 saturated heterocycles. The molecule has 1 unspecified atom stereocenters. The minimum atomic E-state index is -0.571. The third-order valence-corrected chi connectivity index (χ3v) is 8.66. The van der Waals surface area contributed by atoms with E-state index in [0.717, 1.165) is 0 Å². The standard InChI is InChI=1S/C7H12OS3/c8-11-7-5-3-1-2-4-6(7)9-10-11/h6-7H,1-5H2/t6-,7+,11?/m1/s1. The quantitative estimate of drug-likeness (QED) is 0.570. The van der Waals surface area contributed by atoms with Crippen LogP contribution in [-0.2, 0) is 9.83 Å². The van der Waals surface area contributed by atoms with Gasteiger partial charge in [0.25, 0.3) is 0 Å². The van der Waals surface area contributed by atoms with Gasteiger partial charge in [-0.3, -0.25) is 0 Å². The Balaban J connectivity index is 2.06. The highest BCUT2D eigenvalue weighted by atomic mass is 33.5. The van der Waals surface area contributed by atoms with Gasteiger partial charge in [-0.15, -0.1) is 0 Å². The average Bonchev–Trinajstić information content (AvgIpc) is 2.25. The van der Waals surface area contributed by atoms with Gasteiger partial charge in [-0.05, 0) is 12.8 Å². The summed E-state index contributed by atoms with van der Waals surface area (Å²) in [7, 11) is 2.89. The fraction of sp³-hybridized carbons (Fsp3) is 1.00. The SMILES string of the molecule is O=S1SS[C@@H]2CCCCC[C@@H]21. The van der Waals surface area contributed by atoms with E-state index in [2.05, 4.69) is 0 Å². The molecule has 0 aromatic carbocycles. The van der Waals surface area contributed by atoms with Gasteiger partial charge in [-0.2, -0.15) is 0 Å². The number of hydrogen-bond donors (Lipinski definition) is 0. The van der Waals surface area contributed by atoms with Crippen LogP contribution < -0.4 is 0 Å². The summed E-state index contributed by atoms with van der Waals surface area (Å²) in [5, 5.41) is 1.23. The molecule has 0 amide bonds. The minimum Gasteiger partial charge on any atom is -0.247 e. The van der Waals surface area contributed by atoms with E-state index in [-0.39, 0.29) is 0 Å². The lowest BCUT2D eigenvalue weighted by atomic mass is 10.2. The van der Waals surface area contributed by atoms with E-state index in [1.165, 1.54) is 32.1 Å². The van der Waals surface area contributed by atoms with Crippen molar-refractivity contribution in [2.24, 2.45) is 0 Å². The van der Waals surface area contributed by atoms with Gasteiger partial charge in [-0.25, -0.2) is 4.21 Å². The third-order valence-electron chi connectivity index (χ3n) is 2.37. The van der Waals surface area contributed by atoms with Gasteiger partial charge < -0.3 is 0 Å². The molecule has 1 nitrogen and oxygen atoms in total. The van der Waals surface area contributed by atoms with E-state index in [1.807, 2.05) is 10.8 Å². The molecule has 64 valence electrons. The molecule has 0 aromatic rings. The number of hydrogen-bond acceptors (Lipinski definition) is 3. The normalized spacial score (nSPS) is 44.9. The van der Waals surface area contributed by atoms with Gasteiger partial charge >= 0.3 is 0 Å². The van der Waals surface area contributed by atoms with Gasteiger partial charge in [0.1, 0.15) is 0 Å². The highest BCUT2D eigenvalue weighted by Gasteiger charge is 2.35. The molecular weight excluding hydrogens is 196 g/mol. The molecule has 0 bridgehead atoms. The monoisotopic (exact) mass is 208 g/mol. The van der Waals surface area contributed by atoms with Gasteiger partial charge in [0.15, 0.2) is 0 Å². The fourth-order valence-corrected chi connectivity index (χ4v) is 8.88.